The third-order valence-corrected chi connectivity index (χ3v) is 2.18. The Kier molecular flexibility index (Phi) is 2.37. The summed E-state index contributed by atoms with van der Waals surface area (Å²) in [6.07, 6.45) is 0. The topological polar surface area (TPSA) is 49.4 Å². The van der Waals surface area contributed by atoms with E-state index in [1.165, 1.54) is 18.2 Å². The lowest BCUT2D eigenvalue weighted by Gasteiger charge is -2.26. The molecule has 0 bridgehead atoms. The van der Waals surface area contributed by atoms with Crippen LogP contribution in [0.2, 0.25) is 0 Å². The second kappa shape index (κ2) is 3.68. The minimum atomic E-state index is -0.499. The van der Waals surface area contributed by atoms with E-state index in [-0.39, 0.29) is 30.6 Å². The molecule has 1 aromatic carbocycles. The molecule has 1 aliphatic rings. The number of hydrogen-bond acceptors (Lipinski definition) is 2. The van der Waals surface area contributed by atoms with E-state index in [2.05, 4.69) is 5.32 Å². The summed E-state index contributed by atoms with van der Waals surface area (Å²) in [6, 6.07) is 5.90. The summed E-state index contributed by atoms with van der Waals surface area (Å²) in [5.74, 6) is -1.09. The summed E-state index contributed by atoms with van der Waals surface area (Å²) in [5.41, 5.74) is 0.150. The predicted octanol–water partition coefficient (Wildman–Crippen LogP) is 0.288. The van der Waals surface area contributed by atoms with Crippen molar-refractivity contribution in [1.29, 1.82) is 0 Å². The lowest BCUT2D eigenvalue weighted by Crippen LogP contribution is -2.52. The number of para-hydroxylation sites is 1. The number of carbonyl (C=O) groups is 2. The van der Waals surface area contributed by atoms with Gasteiger partial charge in [-0.3, -0.25) is 14.5 Å². The Morgan fingerprint density at radius 1 is 1.27 bits per heavy atom. The maximum Gasteiger partial charge on any atom is 0.246 e. The maximum absolute atomic E-state index is 13.3. The standard InChI is InChI=1S/C10H9FN2O2/c11-7-3-1-2-4-8(7)13-6-9(14)12-5-10(13)15/h1-4H,5-6H2,(H,12,14). The van der Waals surface area contributed by atoms with E-state index in [0.717, 1.165) is 4.90 Å². The highest BCUT2D eigenvalue weighted by molar-refractivity contribution is 6.04. The largest absolute Gasteiger partial charge is 0.345 e. The minimum absolute atomic E-state index is 0.0762. The number of benzene rings is 1. The molecule has 0 saturated carbocycles. The number of piperazine rings is 1. The number of nitrogens with zero attached hydrogens (tertiary/aromatic N) is 1. The minimum Gasteiger partial charge on any atom is -0.345 e. The summed E-state index contributed by atoms with van der Waals surface area (Å²) in [6.45, 7) is -0.201. The van der Waals surface area contributed by atoms with Crippen molar-refractivity contribution in [3.8, 4) is 0 Å². The van der Waals surface area contributed by atoms with Crippen LogP contribution in [0.4, 0.5) is 10.1 Å². The zero-order valence-electron chi connectivity index (χ0n) is 7.87. The van der Waals surface area contributed by atoms with Gasteiger partial charge < -0.3 is 5.32 Å². The Balaban J connectivity index is 2.33. The third kappa shape index (κ3) is 1.81. The molecule has 1 N–H and O–H groups in total. The summed E-state index contributed by atoms with van der Waals surface area (Å²) in [5, 5.41) is 2.40. The van der Waals surface area contributed by atoms with Crippen molar-refractivity contribution >= 4 is 17.5 Å². The van der Waals surface area contributed by atoms with Crippen LogP contribution in [0.25, 0.3) is 0 Å². The van der Waals surface area contributed by atoms with Gasteiger partial charge >= 0.3 is 0 Å². The fourth-order valence-corrected chi connectivity index (χ4v) is 1.45. The van der Waals surface area contributed by atoms with Crippen molar-refractivity contribution < 1.29 is 14.0 Å². The monoisotopic (exact) mass is 208 g/mol. The Labute approximate surface area is 85.7 Å². The molecule has 5 heteroatoms. The van der Waals surface area contributed by atoms with Crippen molar-refractivity contribution in [3.05, 3.63) is 30.1 Å². The van der Waals surface area contributed by atoms with E-state index >= 15 is 0 Å². The van der Waals surface area contributed by atoms with Gasteiger partial charge in [-0.15, -0.1) is 0 Å². The Morgan fingerprint density at radius 2 is 2.00 bits per heavy atom. The van der Waals surface area contributed by atoms with Crippen LogP contribution >= 0.6 is 0 Å². The lowest BCUT2D eigenvalue weighted by molar-refractivity contribution is -0.128. The first-order valence-corrected chi connectivity index (χ1v) is 4.50. The van der Waals surface area contributed by atoms with Crippen molar-refractivity contribution in [1.82, 2.24) is 5.32 Å². The third-order valence-electron chi connectivity index (χ3n) is 2.18. The zero-order valence-corrected chi connectivity index (χ0v) is 7.87. The average Bonchev–Trinajstić information content (AvgIpc) is 2.23. The van der Waals surface area contributed by atoms with E-state index in [9.17, 15) is 14.0 Å². The summed E-state index contributed by atoms with van der Waals surface area (Å²) >= 11 is 0. The number of carbonyl (C=O) groups excluding carboxylic acids is 2. The molecule has 4 nitrogen and oxygen atoms in total. The summed E-state index contributed by atoms with van der Waals surface area (Å²) in [4.78, 5) is 23.7. The molecule has 15 heavy (non-hydrogen) atoms. The fraction of sp³-hybridized carbons (Fsp3) is 0.200. The second-order valence-corrected chi connectivity index (χ2v) is 3.21. The lowest BCUT2D eigenvalue weighted by atomic mass is 10.2. The van der Waals surface area contributed by atoms with Gasteiger partial charge in [0, 0.05) is 0 Å². The molecule has 0 radical (unpaired) electrons. The first-order valence-electron chi connectivity index (χ1n) is 4.50. The fourth-order valence-electron chi connectivity index (χ4n) is 1.45. The molecule has 2 rings (SSSR count). The summed E-state index contributed by atoms with van der Waals surface area (Å²) in [7, 11) is 0. The molecule has 1 aliphatic heterocycles. The van der Waals surface area contributed by atoms with Crippen molar-refractivity contribution in [2.24, 2.45) is 0 Å². The number of halogens is 1. The highest BCUT2D eigenvalue weighted by Gasteiger charge is 2.25. The maximum atomic E-state index is 13.3. The van der Waals surface area contributed by atoms with Gasteiger partial charge in [-0.25, -0.2) is 4.39 Å². The molecular formula is C10H9FN2O2. The van der Waals surface area contributed by atoms with Crippen molar-refractivity contribution in [2.75, 3.05) is 18.0 Å². The van der Waals surface area contributed by atoms with E-state index in [0.29, 0.717) is 0 Å². The Morgan fingerprint density at radius 3 is 2.73 bits per heavy atom. The quantitative estimate of drug-likeness (QED) is 0.721. The smallest absolute Gasteiger partial charge is 0.246 e. The van der Waals surface area contributed by atoms with Crippen LogP contribution in [0.3, 0.4) is 0 Å². The molecule has 78 valence electrons. The van der Waals surface area contributed by atoms with Crippen LogP contribution < -0.4 is 10.2 Å². The zero-order chi connectivity index (χ0) is 10.8. The van der Waals surface area contributed by atoms with E-state index in [1.54, 1.807) is 6.07 Å². The normalized spacial score (nSPS) is 16.5. The highest BCUT2D eigenvalue weighted by Crippen LogP contribution is 2.19. The average molecular weight is 208 g/mol. The number of anilines is 1. The molecule has 0 spiro atoms. The number of rotatable bonds is 1. The van der Waals surface area contributed by atoms with E-state index < -0.39 is 5.82 Å². The molecule has 2 amide bonds. The van der Waals surface area contributed by atoms with Gasteiger partial charge in [-0.05, 0) is 12.1 Å². The van der Waals surface area contributed by atoms with Gasteiger partial charge in [-0.1, -0.05) is 12.1 Å². The molecule has 1 fully saturated rings. The van der Waals surface area contributed by atoms with Gasteiger partial charge in [0.2, 0.25) is 11.8 Å². The number of nitrogens with one attached hydrogen (secondary N) is 1. The van der Waals surface area contributed by atoms with Crippen LogP contribution in [0.5, 0.6) is 0 Å². The van der Waals surface area contributed by atoms with Gasteiger partial charge in [-0.2, -0.15) is 0 Å². The molecule has 1 aromatic rings. The molecule has 0 aromatic heterocycles. The Bertz CT molecular complexity index is 420. The number of amides is 2. The van der Waals surface area contributed by atoms with Crippen LogP contribution in [0.15, 0.2) is 24.3 Å². The molecule has 1 saturated heterocycles. The molecule has 0 atom stereocenters. The van der Waals surface area contributed by atoms with Crippen LogP contribution in [-0.2, 0) is 9.59 Å². The van der Waals surface area contributed by atoms with Gasteiger partial charge in [0.1, 0.15) is 12.4 Å². The van der Waals surface area contributed by atoms with Gasteiger partial charge in [0.05, 0.1) is 12.2 Å². The van der Waals surface area contributed by atoms with Crippen LogP contribution in [0, 0.1) is 5.82 Å². The first kappa shape index (κ1) is 9.64. The van der Waals surface area contributed by atoms with E-state index in [4.69, 9.17) is 0 Å². The first-order chi connectivity index (χ1) is 7.18. The molecule has 0 unspecified atom stereocenters. The molecule has 0 aliphatic carbocycles. The Hall–Kier alpha value is -1.91. The SMILES string of the molecule is O=C1CN(c2ccccc2F)C(=O)CN1. The van der Waals surface area contributed by atoms with Crippen LogP contribution in [0.1, 0.15) is 0 Å². The molecule has 1 heterocycles. The van der Waals surface area contributed by atoms with Gasteiger partial charge in [0.25, 0.3) is 0 Å². The second-order valence-electron chi connectivity index (χ2n) is 3.21. The van der Waals surface area contributed by atoms with Crippen molar-refractivity contribution in [2.45, 2.75) is 0 Å². The number of hydrogen-bond donors (Lipinski definition) is 1. The van der Waals surface area contributed by atoms with Crippen LogP contribution in [-0.4, -0.2) is 24.9 Å². The van der Waals surface area contributed by atoms with Crippen molar-refractivity contribution in [3.63, 3.8) is 0 Å². The van der Waals surface area contributed by atoms with E-state index in [1.807, 2.05) is 0 Å². The summed E-state index contributed by atoms with van der Waals surface area (Å²) < 4.78 is 13.3. The highest BCUT2D eigenvalue weighted by atomic mass is 19.1. The predicted molar refractivity (Wildman–Crippen MR) is 51.8 cm³/mol. The van der Waals surface area contributed by atoms with Gasteiger partial charge in [0.15, 0.2) is 0 Å². The molecular weight excluding hydrogens is 199 g/mol.